The van der Waals surface area contributed by atoms with Gasteiger partial charge >= 0.3 is 0 Å². The number of piperidine rings is 1. The van der Waals surface area contributed by atoms with Crippen LogP contribution in [0, 0.1) is 0 Å². The number of nitrogens with zero attached hydrogens (tertiary/aromatic N) is 3. The Balaban J connectivity index is 1.76. The molecule has 0 aromatic carbocycles. The van der Waals surface area contributed by atoms with Gasteiger partial charge in [-0.2, -0.15) is 0 Å². The van der Waals surface area contributed by atoms with Crippen molar-refractivity contribution in [2.45, 2.75) is 32.1 Å². The zero-order valence-corrected chi connectivity index (χ0v) is 14.3. The highest BCUT2D eigenvalue weighted by atomic mass is 32.1. The van der Waals surface area contributed by atoms with Gasteiger partial charge in [0.15, 0.2) is 0 Å². The minimum Gasteiger partial charge on any atom is -0.338 e. The summed E-state index contributed by atoms with van der Waals surface area (Å²) in [6.45, 7) is 3.53. The lowest BCUT2D eigenvalue weighted by Gasteiger charge is -2.32. The Morgan fingerprint density at radius 1 is 1.48 bits per heavy atom. The lowest BCUT2D eigenvalue weighted by atomic mass is 9.98. The van der Waals surface area contributed by atoms with Crippen molar-refractivity contribution in [1.82, 2.24) is 14.5 Å². The van der Waals surface area contributed by atoms with Crippen molar-refractivity contribution in [3.63, 3.8) is 0 Å². The number of likely N-dealkylation sites (tertiary alicyclic amines) is 1. The smallest absolute Gasteiger partial charge is 0.254 e. The van der Waals surface area contributed by atoms with E-state index in [4.69, 9.17) is 0 Å². The molecule has 5 nitrogen and oxygen atoms in total. The SMILES string of the molecule is CCc1csc(C2CCCN(C(=O)c3ccn(C)c(=O)c3)C2)n1. The maximum atomic E-state index is 12.7. The summed E-state index contributed by atoms with van der Waals surface area (Å²) in [7, 11) is 1.68. The van der Waals surface area contributed by atoms with Crippen molar-refractivity contribution >= 4 is 17.2 Å². The number of carbonyl (C=O) groups is 1. The van der Waals surface area contributed by atoms with E-state index in [0.717, 1.165) is 36.5 Å². The molecule has 122 valence electrons. The predicted molar refractivity (Wildman–Crippen MR) is 91.1 cm³/mol. The number of carbonyl (C=O) groups excluding carboxylic acids is 1. The zero-order valence-electron chi connectivity index (χ0n) is 13.5. The van der Waals surface area contributed by atoms with Crippen LogP contribution in [0.15, 0.2) is 28.5 Å². The fourth-order valence-electron chi connectivity index (χ4n) is 2.90. The second-order valence-electron chi connectivity index (χ2n) is 5.99. The fraction of sp³-hybridized carbons (Fsp3) is 0.471. The number of rotatable bonds is 3. The topological polar surface area (TPSA) is 55.2 Å². The van der Waals surface area contributed by atoms with Crippen molar-refractivity contribution in [2.75, 3.05) is 13.1 Å². The summed E-state index contributed by atoms with van der Waals surface area (Å²) >= 11 is 1.69. The zero-order chi connectivity index (χ0) is 16.4. The molecule has 0 radical (unpaired) electrons. The normalized spacial score (nSPS) is 18.2. The van der Waals surface area contributed by atoms with Crippen molar-refractivity contribution < 1.29 is 4.79 Å². The van der Waals surface area contributed by atoms with Crippen LogP contribution < -0.4 is 5.56 Å². The number of hydrogen-bond acceptors (Lipinski definition) is 4. The maximum absolute atomic E-state index is 12.7. The van der Waals surface area contributed by atoms with E-state index in [9.17, 15) is 9.59 Å². The summed E-state index contributed by atoms with van der Waals surface area (Å²) in [5.41, 5.74) is 1.44. The summed E-state index contributed by atoms with van der Waals surface area (Å²) in [5.74, 6) is 0.254. The molecular weight excluding hydrogens is 310 g/mol. The molecule has 1 atom stereocenters. The average molecular weight is 331 g/mol. The Morgan fingerprint density at radius 3 is 3.00 bits per heavy atom. The Hall–Kier alpha value is -1.95. The number of aryl methyl sites for hydroxylation is 2. The molecule has 1 aliphatic rings. The van der Waals surface area contributed by atoms with Gasteiger partial charge < -0.3 is 9.47 Å². The van der Waals surface area contributed by atoms with Gasteiger partial charge in [-0.1, -0.05) is 6.92 Å². The van der Waals surface area contributed by atoms with Crippen LogP contribution >= 0.6 is 11.3 Å². The number of pyridine rings is 1. The number of hydrogen-bond donors (Lipinski definition) is 0. The van der Waals surface area contributed by atoms with Crippen LogP contribution in [0.1, 0.15) is 46.7 Å². The van der Waals surface area contributed by atoms with Gasteiger partial charge in [-0.05, 0) is 25.3 Å². The van der Waals surface area contributed by atoms with E-state index in [1.165, 1.54) is 10.6 Å². The van der Waals surface area contributed by atoms with E-state index >= 15 is 0 Å². The number of thiazole rings is 1. The van der Waals surface area contributed by atoms with Gasteiger partial charge in [-0.3, -0.25) is 9.59 Å². The maximum Gasteiger partial charge on any atom is 0.254 e. The highest BCUT2D eigenvalue weighted by molar-refractivity contribution is 7.09. The van der Waals surface area contributed by atoms with E-state index in [0.29, 0.717) is 18.0 Å². The predicted octanol–water partition coefficient (Wildman–Crippen LogP) is 2.42. The van der Waals surface area contributed by atoms with E-state index in [1.807, 2.05) is 4.90 Å². The van der Waals surface area contributed by atoms with Gasteiger partial charge in [0.2, 0.25) is 0 Å². The minimum absolute atomic E-state index is 0.0559. The molecule has 1 fully saturated rings. The molecule has 0 N–H and O–H groups in total. The molecule has 1 unspecified atom stereocenters. The summed E-state index contributed by atoms with van der Waals surface area (Å²) < 4.78 is 1.47. The molecule has 0 bridgehead atoms. The third-order valence-electron chi connectivity index (χ3n) is 4.34. The van der Waals surface area contributed by atoms with Crippen molar-refractivity contribution in [3.05, 3.63) is 50.3 Å². The largest absolute Gasteiger partial charge is 0.338 e. The summed E-state index contributed by atoms with van der Waals surface area (Å²) in [6.07, 6.45) is 4.63. The first kappa shape index (κ1) is 15.9. The van der Waals surface area contributed by atoms with Crippen LogP contribution in [0.4, 0.5) is 0 Å². The first-order valence-corrected chi connectivity index (χ1v) is 8.86. The van der Waals surface area contributed by atoms with Gasteiger partial charge in [0, 0.05) is 49.3 Å². The van der Waals surface area contributed by atoms with Gasteiger partial charge in [-0.25, -0.2) is 4.98 Å². The molecule has 6 heteroatoms. The Labute approximate surface area is 139 Å². The molecule has 1 amide bonds. The molecule has 3 heterocycles. The molecule has 0 spiro atoms. The van der Waals surface area contributed by atoms with E-state index in [1.54, 1.807) is 30.6 Å². The third kappa shape index (κ3) is 3.37. The highest BCUT2D eigenvalue weighted by Crippen LogP contribution is 2.30. The number of amides is 1. The van der Waals surface area contributed by atoms with Gasteiger partial charge in [0.05, 0.1) is 10.7 Å². The van der Waals surface area contributed by atoms with E-state index in [-0.39, 0.29) is 11.5 Å². The van der Waals surface area contributed by atoms with Crippen molar-refractivity contribution in [2.24, 2.45) is 7.05 Å². The molecule has 3 rings (SSSR count). The van der Waals surface area contributed by atoms with Crippen molar-refractivity contribution in [1.29, 1.82) is 0 Å². The molecule has 1 aliphatic heterocycles. The second kappa shape index (κ2) is 6.66. The molecule has 2 aromatic rings. The first-order valence-electron chi connectivity index (χ1n) is 7.98. The second-order valence-corrected chi connectivity index (χ2v) is 6.88. The monoisotopic (exact) mass is 331 g/mol. The van der Waals surface area contributed by atoms with Crippen LogP contribution in [0.2, 0.25) is 0 Å². The third-order valence-corrected chi connectivity index (χ3v) is 5.40. The summed E-state index contributed by atoms with van der Waals surface area (Å²) in [6, 6.07) is 3.14. The van der Waals surface area contributed by atoms with Gasteiger partial charge in [0.1, 0.15) is 0 Å². The lowest BCUT2D eigenvalue weighted by Crippen LogP contribution is -2.39. The van der Waals surface area contributed by atoms with Crippen LogP contribution in [-0.2, 0) is 13.5 Å². The Morgan fingerprint density at radius 2 is 2.30 bits per heavy atom. The highest BCUT2D eigenvalue weighted by Gasteiger charge is 2.27. The van der Waals surface area contributed by atoms with Gasteiger partial charge in [0.25, 0.3) is 11.5 Å². The molecule has 0 aliphatic carbocycles. The fourth-order valence-corrected chi connectivity index (χ4v) is 3.93. The molecule has 1 saturated heterocycles. The van der Waals surface area contributed by atoms with Crippen LogP contribution in [-0.4, -0.2) is 33.4 Å². The number of aromatic nitrogens is 2. The van der Waals surface area contributed by atoms with Gasteiger partial charge in [-0.15, -0.1) is 11.3 Å². The Kier molecular flexibility index (Phi) is 4.61. The van der Waals surface area contributed by atoms with Crippen LogP contribution in [0.3, 0.4) is 0 Å². The summed E-state index contributed by atoms with van der Waals surface area (Å²) in [5, 5.41) is 3.24. The standard InChI is InChI=1S/C17H21N3O2S/c1-3-14-11-23-16(18-14)13-5-4-7-20(10-13)17(22)12-6-8-19(2)15(21)9-12/h6,8-9,11,13H,3-5,7,10H2,1-2H3. The molecule has 2 aromatic heterocycles. The summed E-state index contributed by atoms with van der Waals surface area (Å²) in [4.78, 5) is 30.9. The molecule has 23 heavy (non-hydrogen) atoms. The molecular formula is C17H21N3O2S. The Bertz CT molecular complexity index is 765. The minimum atomic E-state index is -0.156. The molecule has 0 saturated carbocycles. The van der Waals surface area contributed by atoms with Crippen LogP contribution in [0.5, 0.6) is 0 Å². The van der Waals surface area contributed by atoms with Crippen molar-refractivity contribution in [3.8, 4) is 0 Å². The first-order chi connectivity index (χ1) is 11.1. The quantitative estimate of drug-likeness (QED) is 0.868. The van der Waals surface area contributed by atoms with E-state index < -0.39 is 0 Å². The average Bonchev–Trinajstić information content (AvgIpc) is 3.06. The van der Waals surface area contributed by atoms with E-state index in [2.05, 4.69) is 17.3 Å². The lowest BCUT2D eigenvalue weighted by molar-refractivity contribution is 0.0706. The van der Waals surface area contributed by atoms with Crippen LogP contribution in [0.25, 0.3) is 0 Å².